The minimum absolute atomic E-state index is 0.00379. The highest BCUT2D eigenvalue weighted by Crippen LogP contribution is 2.30. The van der Waals surface area contributed by atoms with E-state index in [9.17, 15) is 19.7 Å². The molecule has 0 bridgehead atoms. The Morgan fingerprint density at radius 2 is 1.79 bits per heavy atom. The van der Waals surface area contributed by atoms with Crippen LogP contribution in [0, 0.1) is 10.1 Å². The van der Waals surface area contributed by atoms with Gasteiger partial charge in [0.05, 0.1) is 16.4 Å². The van der Waals surface area contributed by atoms with Crippen LogP contribution in [0.25, 0.3) is 6.08 Å². The lowest BCUT2D eigenvalue weighted by Gasteiger charge is -2.13. The van der Waals surface area contributed by atoms with E-state index < -0.39 is 4.92 Å². The van der Waals surface area contributed by atoms with Crippen molar-refractivity contribution in [2.75, 3.05) is 13.2 Å². The third-order valence-corrected chi connectivity index (χ3v) is 5.09. The minimum Gasteiger partial charge on any atom is -0.492 e. The van der Waals surface area contributed by atoms with Gasteiger partial charge in [-0.15, -0.1) is 0 Å². The molecule has 0 aliphatic carbocycles. The molecule has 0 N–H and O–H groups in total. The smallest absolute Gasteiger partial charge is 0.293 e. The predicted molar refractivity (Wildman–Crippen MR) is 112 cm³/mol. The van der Waals surface area contributed by atoms with E-state index in [-0.39, 0.29) is 30.0 Å². The van der Waals surface area contributed by atoms with Crippen LogP contribution >= 0.6 is 23.4 Å². The maximum Gasteiger partial charge on any atom is 0.293 e. The first-order valence-corrected chi connectivity index (χ1v) is 9.68. The van der Waals surface area contributed by atoms with Crippen molar-refractivity contribution < 1.29 is 19.2 Å². The van der Waals surface area contributed by atoms with Crippen LogP contribution in [-0.2, 0) is 4.79 Å². The molecule has 1 fully saturated rings. The Bertz CT molecular complexity index is 987. The molecule has 0 spiro atoms. The summed E-state index contributed by atoms with van der Waals surface area (Å²) in [5, 5.41) is 10.9. The number of hydrogen-bond donors (Lipinski definition) is 0. The molecule has 0 atom stereocenters. The largest absolute Gasteiger partial charge is 0.492 e. The zero-order valence-corrected chi connectivity index (χ0v) is 16.6. The first-order chi connectivity index (χ1) is 13.9. The van der Waals surface area contributed by atoms with Gasteiger partial charge in [-0.05, 0) is 59.8 Å². The number of benzene rings is 2. The van der Waals surface area contributed by atoms with Crippen molar-refractivity contribution in [3.63, 3.8) is 0 Å². The van der Waals surface area contributed by atoms with Gasteiger partial charge in [-0.2, -0.15) is 0 Å². The fourth-order valence-electron chi connectivity index (χ4n) is 2.45. The summed E-state index contributed by atoms with van der Waals surface area (Å²) in [7, 11) is 0. The summed E-state index contributed by atoms with van der Waals surface area (Å²) in [5.74, 6) is 0.219. The Morgan fingerprint density at radius 1 is 1.10 bits per heavy atom. The van der Waals surface area contributed by atoms with Crippen molar-refractivity contribution in [2.24, 2.45) is 0 Å². The summed E-state index contributed by atoms with van der Waals surface area (Å²) in [4.78, 5) is 36.1. The summed E-state index contributed by atoms with van der Waals surface area (Å²) >= 11 is 6.67. The number of carbonyl (C=O) groups is 2. The van der Waals surface area contributed by atoms with E-state index in [1.54, 1.807) is 54.6 Å². The first kappa shape index (κ1) is 20.6. The van der Waals surface area contributed by atoms with Gasteiger partial charge < -0.3 is 4.74 Å². The Balaban J connectivity index is 1.56. The number of ether oxygens (including phenoxy) is 1. The van der Waals surface area contributed by atoms with Gasteiger partial charge in [0, 0.05) is 17.2 Å². The topological polar surface area (TPSA) is 89.8 Å². The number of amides is 2. The molecule has 1 aliphatic rings. The number of hydrogen-bond acceptors (Lipinski definition) is 6. The molecule has 0 aromatic heterocycles. The second-order valence-corrected chi connectivity index (χ2v) is 7.30. The normalized spacial score (nSPS) is 15.5. The number of nitro groups is 1. The standard InChI is InChI=1S/C20H15ClN2O5S/c21-15-6-10-17(11-7-15)28-13-12-22-19(24)18(29-20(22)25)3-1-2-14-4-8-16(9-5-14)23(26)27/h1-11H,12-13H2/b2-1+,18-3-. The van der Waals surface area contributed by atoms with Crippen molar-refractivity contribution in [2.45, 2.75) is 0 Å². The highest BCUT2D eigenvalue weighted by atomic mass is 35.5. The van der Waals surface area contributed by atoms with Crippen molar-refractivity contribution in [1.82, 2.24) is 4.90 Å². The van der Waals surface area contributed by atoms with Crippen LogP contribution in [0.1, 0.15) is 5.56 Å². The zero-order chi connectivity index (χ0) is 20.8. The van der Waals surface area contributed by atoms with E-state index >= 15 is 0 Å². The van der Waals surface area contributed by atoms with E-state index in [2.05, 4.69) is 0 Å². The summed E-state index contributed by atoms with van der Waals surface area (Å²) in [6.45, 7) is 0.308. The van der Waals surface area contributed by atoms with Gasteiger partial charge in [0.2, 0.25) is 0 Å². The van der Waals surface area contributed by atoms with Gasteiger partial charge in [0.25, 0.3) is 16.8 Å². The highest BCUT2D eigenvalue weighted by Gasteiger charge is 2.34. The highest BCUT2D eigenvalue weighted by molar-refractivity contribution is 8.18. The van der Waals surface area contributed by atoms with Gasteiger partial charge in [-0.3, -0.25) is 24.6 Å². The molecule has 0 unspecified atom stereocenters. The number of thioether (sulfide) groups is 1. The molecular formula is C20H15ClN2O5S. The van der Waals surface area contributed by atoms with Gasteiger partial charge in [-0.1, -0.05) is 23.8 Å². The monoisotopic (exact) mass is 430 g/mol. The number of rotatable bonds is 7. The first-order valence-electron chi connectivity index (χ1n) is 8.49. The number of imide groups is 1. The molecule has 1 heterocycles. The van der Waals surface area contributed by atoms with Crippen LogP contribution < -0.4 is 4.74 Å². The Kier molecular flexibility index (Phi) is 6.69. The maximum absolute atomic E-state index is 12.4. The van der Waals surface area contributed by atoms with Crippen molar-refractivity contribution in [3.05, 3.63) is 86.3 Å². The molecule has 148 valence electrons. The second kappa shape index (κ2) is 9.40. The summed E-state index contributed by atoms with van der Waals surface area (Å²) in [5.41, 5.74) is 0.742. The van der Waals surface area contributed by atoms with Gasteiger partial charge in [0.15, 0.2) is 0 Å². The summed E-state index contributed by atoms with van der Waals surface area (Å²) in [6, 6.07) is 12.8. The predicted octanol–water partition coefficient (Wildman–Crippen LogP) is 4.92. The third kappa shape index (κ3) is 5.46. The number of nitrogens with zero attached hydrogens (tertiary/aromatic N) is 2. The molecule has 7 nitrogen and oxygen atoms in total. The van der Waals surface area contributed by atoms with E-state index in [1.165, 1.54) is 12.1 Å². The van der Waals surface area contributed by atoms with E-state index in [1.807, 2.05) is 0 Å². The van der Waals surface area contributed by atoms with Crippen molar-refractivity contribution in [3.8, 4) is 5.75 Å². The van der Waals surface area contributed by atoms with E-state index in [4.69, 9.17) is 16.3 Å². The fraction of sp³-hybridized carbons (Fsp3) is 0.100. The van der Waals surface area contributed by atoms with Crippen molar-refractivity contribution in [1.29, 1.82) is 0 Å². The number of allylic oxidation sites excluding steroid dienone is 2. The number of carbonyl (C=O) groups excluding carboxylic acids is 2. The number of nitro benzene ring substituents is 1. The molecule has 0 saturated carbocycles. The molecule has 9 heteroatoms. The molecular weight excluding hydrogens is 416 g/mol. The second-order valence-electron chi connectivity index (χ2n) is 5.87. The summed E-state index contributed by atoms with van der Waals surface area (Å²) < 4.78 is 5.52. The molecule has 1 saturated heterocycles. The maximum atomic E-state index is 12.4. The Morgan fingerprint density at radius 3 is 2.45 bits per heavy atom. The van der Waals surface area contributed by atoms with Gasteiger partial charge in [0.1, 0.15) is 12.4 Å². The molecule has 0 radical (unpaired) electrons. The van der Waals surface area contributed by atoms with E-state index in [0.29, 0.717) is 15.7 Å². The number of halogens is 1. The molecule has 1 aliphatic heterocycles. The van der Waals surface area contributed by atoms with Crippen LogP contribution in [0.3, 0.4) is 0 Å². The third-order valence-electron chi connectivity index (χ3n) is 3.91. The average molecular weight is 431 g/mol. The quantitative estimate of drug-likeness (QED) is 0.352. The average Bonchev–Trinajstić information content (AvgIpc) is 2.97. The molecule has 2 aromatic rings. The van der Waals surface area contributed by atoms with Crippen LogP contribution in [0.15, 0.2) is 65.6 Å². The van der Waals surface area contributed by atoms with Crippen LogP contribution in [-0.4, -0.2) is 34.1 Å². The fourth-order valence-corrected chi connectivity index (χ4v) is 3.39. The Hall–Kier alpha value is -3.10. The molecule has 2 amide bonds. The lowest BCUT2D eigenvalue weighted by molar-refractivity contribution is -0.384. The summed E-state index contributed by atoms with van der Waals surface area (Å²) in [6.07, 6.45) is 4.87. The minimum atomic E-state index is -0.472. The van der Waals surface area contributed by atoms with E-state index in [0.717, 1.165) is 22.2 Å². The van der Waals surface area contributed by atoms with Crippen LogP contribution in [0.5, 0.6) is 5.75 Å². The molecule has 29 heavy (non-hydrogen) atoms. The SMILES string of the molecule is O=C1S/C(=C\C=C\c2ccc([N+](=O)[O-])cc2)C(=O)N1CCOc1ccc(Cl)cc1. The Labute approximate surface area is 175 Å². The molecule has 2 aromatic carbocycles. The molecule has 3 rings (SSSR count). The van der Waals surface area contributed by atoms with Gasteiger partial charge >= 0.3 is 0 Å². The lowest BCUT2D eigenvalue weighted by atomic mass is 10.2. The van der Waals surface area contributed by atoms with Gasteiger partial charge in [-0.25, -0.2) is 0 Å². The van der Waals surface area contributed by atoms with Crippen LogP contribution in [0.4, 0.5) is 10.5 Å². The number of non-ortho nitro benzene ring substituents is 1. The zero-order valence-electron chi connectivity index (χ0n) is 15.0. The van der Waals surface area contributed by atoms with Crippen LogP contribution in [0.2, 0.25) is 5.02 Å². The van der Waals surface area contributed by atoms with Crippen molar-refractivity contribution >= 4 is 46.3 Å². The lowest BCUT2D eigenvalue weighted by Crippen LogP contribution is -2.32.